The predicted octanol–water partition coefficient (Wildman–Crippen LogP) is 3.07. The summed E-state index contributed by atoms with van der Waals surface area (Å²) in [6.45, 7) is 0. The van der Waals surface area contributed by atoms with Crippen LogP contribution in [0.15, 0.2) is 30.5 Å². The topological polar surface area (TPSA) is 38.7 Å². The Labute approximate surface area is 98.5 Å². The molecule has 80 valence electrons. The molecule has 0 spiro atoms. The monoisotopic (exact) mass is 231 g/mol. The van der Waals surface area contributed by atoms with E-state index in [1.807, 2.05) is 24.4 Å². The van der Waals surface area contributed by atoms with Crippen LogP contribution >= 0.6 is 11.6 Å². The van der Waals surface area contributed by atoms with Crippen molar-refractivity contribution in [3.63, 3.8) is 0 Å². The van der Waals surface area contributed by atoms with Crippen LogP contribution in [0.2, 0.25) is 5.15 Å². The van der Waals surface area contributed by atoms with Crippen LogP contribution in [0.3, 0.4) is 0 Å². The molecule has 0 aliphatic heterocycles. The summed E-state index contributed by atoms with van der Waals surface area (Å²) in [6, 6.07) is 7.61. The van der Waals surface area contributed by atoms with E-state index in [1.165, 1.54) is 12.8 Å². The maximum atomic E-state index is 5.72. The molecule has 0 atom stereocenters. The Morgan fingerprint density at radius 1 is 1.12 bits per heavy atom. The second-order valence-electron chi connectivity index (χ2n) is 3.95. The second-order valence-corrected chi connectivity index (χ2v) is 4.34. The first-order valence-corrected chi connectivity index (χ1v) is 5.67. The maximum Gasteiger partial charge on any atom is 0.151 e. The van der Waals surface area contributed by atoms with Gasteiger partial charge in [-0.1, -0.05) is 11.6 Å². The fraction of sp³-hybridized carbons (Fsp3) is 0.250. The van der Waals surface area contributed by atoms with E-state index < -0.39 is 0 Å². The summed E-state index contributed by atoms with van der Waals surface area (Å²) in [4.78, 5) is 4.44. The van der Waals surface area contributed by atoms with Crippen molar-refractivity contribution in [2.24, 2.45) is 0 Å². The Hall–Kier alpha value is -1.48. The molecule has 0 radical (unpaired) electrons. The van der Waals surface area contributed by atoms with Gasteiger partial charge in [0, 0.05) is 17.7 Å². The van der Waals surface area contributed by atoms with Crippen LogP contribution in [0, 0.1) is 0 Å². The average Bonchev–Trinajstić information content (AvgIpc) is 3.14. The fourth-order valence-electron chi connectivity index (χ4n) is 1.78. The van der Waals surface area contributed by atoms with Crippen LogP contribution < -0.4 is 0 Å². The van der Waals surface area contributed by atoms with Crippen LogP contribution in [0.1, 0.15) is 24.5 Å². The van der Waals surface area contributed by atoms with Gasteiger partial charge in [0.2, 0.25) is 0 Å². The molecule has 2 heterocycles. The zero-order valence-corrected chi connectivity index (χ0v) is 9.35. The summed E-state index contributed by atoms with van der Waals surface area (Å²) >= 11 is 5.72. The second kappa shape index (κ2) is 3.83. The zero-order valence-electron chi connectivity index (χ0n) is 8.60. The van der Waals surface area contributed by atoms with Gasteiger partial charge in [0.25, 0.3) is 0 Å². The summed E-state index contributed by atoms with van der Waals surface area (Å²) in [6.07, 6.45) is 4.29. The van der Waals surface area contributed by atoms with Crippen LogP contribution in [0.5, 0.6) is 0 Å². The highest BCUT2D eigenvalue weighted by Crippen LogP contribution is 2.42. The summed E-state index contributed by atoms with van der Waals surface area (Å²) in [5.74, 6) is 0.605. The van der Waals surface area contributed by atoms with E-state index in [0.29, 0.717) is 11.1 Å². The van der Waals surface area contributed by atoms with E-state index in [0.717, 1.165) is 17.0 Å². The number of aromatic nitrogens is 3. The highest BCUT2D eigenvalue weighted by Gasteiger charge is 2.27. The standard InChI is InChI=1S/C12H10ClN3/c13-11-6-5-10(15-16-11)9-2-1-7-14-12(9)8-3-4-8/h1-2,5-8H,3-4H2. The first kappa shape index (κ1) is 9.73. The number of nitrogens with zero attached hydrogens (tertiary/aromatic N) is 3. The molecule has 0 bridgehead atoms. The lowest BCUT2D eigenvalue weighted by Gasteiger charge is -2.05. The van der Waals surface area contributed by atoms with Gasteiger partial charge in [-0.05, 0) is 37.1 Å². The van der Waals surface area contributed by atoms with Crippen LogP contribution in [-0.4, -0.2) is 15.2 Å². The van der Waals surface area contributed by atoms with Gasteiger partial charge in [-0.25, -0.2) is 0 Å². The molecule has 1 aliphatic rings. The molecule has 4 heteroatoms. The molecule has 0 unspecified atom stereocenters. The first-order chi connectivity index (χ1) is 7.84. The normalized spacial score (nSPS) is 15.1. The molecular formula is C12H10ClN3. The average molecular weight is 232 g/mol. The SMILES string of the molecule is Clc1ccc(-c2cccnc2C2CC2)nn1. The van der Waals surface area contributed by atoms with Crippen LogP contribution in [-0.2, 0) is 0 Å². The van der Waals surface area contributed by atoms with Crippen molar-refractivity contribution in [1.29, 1.82) is 0 Å². The number of rotatable bonds is 2. The molecule has 3 rings (SSSR count). The predicted molar refractivity (Wildman–Crippen MR) is 62.2 cm³/mol. The van der Waals surface area contributed by atoms with E-state index in [9.17, 15) is 0 Å². The first-order valence-electron chi connectivity index (χ1n) is 5.29. The number of hydrogen-bond acceptors (Lipinski definition) is 3. The third-order valence-corrected chi connectivity index (χ3v) is 2.91. The Kier molecular flexibility index (Phi) is 2.33. The summed E-state index contributed by atoms with van der Waals surface area (Å²) in [5, 5.41) is 8.38. The number of halogens is 1. The molecule has 1 aliphatic carbocycles. The molecule has 0 amide bonds. The van der Waals surface area contributed by atoms with Gasteiger partial charge in [0.05, 0.1) is 11.4 Å². The Balaban J connectivity index is 2.08. The summed E-state index contributed by atoms with van der Waals surface area (Å²) < 4.78 is 0. The molecule has 2 aromatic heterocycles. The zero-order chi connectivity index (χ0) is 11.0. The maximum absolute atomic E-state index is 5.72. The minimum absolute atomic E-state index is 0.417. The molecule has 2 aromatic rings. The summed E-state index contributed by atoms with van der Waals surface area (Å²) in [5.41, 5.74) is 3.06. The van der Waals surface area contributed by atoms with Crippen molar-refractivity contribution < 1.29 is 0 Å². The van der Waals surface area contributed by atoms with Gasteiger partial charge >= 0.3 is 0 Å². The molecular weight excluding hydrogens is 222 g/mol. The third-order valence-electron chi connectivity index (χ3n) is 2.71. The molecule has 0 N–H and O–H groups in total. The minimum Gasteiger partial charge on any atom is -0.260 e. The molecule has 3 nitrogen and oxygen atoms in total. The highest BCUT2D eigenvalue weighted by molar-refractivity contribution is 6.29. The lowest BCUT2D eigenvalue weighted by atomic mass is 10.1. The lowest BCUT2D eigenvalue weighted by molar-refractivity contribution is 0.996. The van der Waals surface area contributed by atoms with E-state index in [-0.39, 0.29) is 0 Å². The van der Waals surface area contributed by atoms with E-state index in [1.54, 1.807) is 6.07 Å². The van der Waals surface area contributed by atoms with Crippen molar-refractivity contribution in [3.8, 4) is 11.3 Å². The number of hydrogen-bond donors (Lipinski definition) is 0. The molecule has 1 saturated carbocycles. The lowest BCUT2D eigenvalue weighted by Crippen LogP contribution is -1.94. The Bertz CT molecular complexity index is 506. The van der Waals surface area contributed by atoms with Crippen molar-refractivity contribution >= 4 is 11.6 Å². The van der Waals surface area contributed by atoms with Gasteiger partial charge in [0.1, 0.15) is 0 Å². The van der Waals surface area contributed by atoms with Gasteiger partial charge in [-0.3, -0.25) is 4.98 Å². The van der Waals surface area contributed by atoms with Crippen molar-refractivity contribution in [2.45, 2.75) is 18.8 Å². The Morgan fingerprint density at radius 3 is 2.69 bits per heavy atom. The quantitative estimate of drug-likeness (QED) is 0.797. The molecule has 16 heavy (non-hydrogen) atoms. The van der Waals surface area contributed by atoms with Crippen molar-refractivity contribution in [1.82, 2.24) is 15.2 Å². The van der Waals surface area contributed by atoms with Gasteiger partial charge in [-0.15, -0.1) is 10.2 Å². The van der Waals surface area contributed by atoms with Crippen molar-refractivity contribution in [2.75, 3.05) is 0 Å². The smallest absolute Gasteiger partial charge is 0.151 e. The molecule has 0 aromatic carbocycles. The summed E-state index contributed by atoms with van der Waals surface area (Å²) in [7, 11) is 0. The third kappa shape index (κ3) is 1.78. The molecule has 1 fully saturated rings. The molecule has 0 saturated heterocycles. The van der Waals surface area contributed by atoms with Crippen molar-refractivity contribution in [3.05, 3.63) is 41.3 Å². The van der Waals surface area contributed by atoms with Crippen LogP contribution in [0.25, 0.3) is 11.3 Å². The minimum atomic E-state index is 0.417. The van der Waals surface area contributed by atoms with Crippen LogP contribution in [0.4, 0.5) is 0 Å². The Morgan fingerprint density at radius 2 is 2.00 bits per heavy atom. The van der Waals surface area contributed by atoms with E-state index in [4.69, 9.17) is 11.6 Å². The highest BCUT2D eigenvalue weighted by atomic mass is 35.5. The van der Waals surface area contributed by atoms with Gasteiger partial charge in [0.15, 0.2) is 5.15 Å². The van der Waals surface area contributed by atoms with Gasteiger partial charge in [-0.2, -0.15) is 0 Å². The van der Waals surface area contributed by atoms with E-state index in [2.05, 4.69) is 15.2 Å². The largest absolute Gasteiger partial charge is 0.260 e. The van der Waals surface area contributed by atoms with Gasteiger partial charge < -0.3 is 0 Å². The van der Waals surface area contributed by atoms with E-state index >= 15 is 0 Å². The number of pyridine rings is 1. The fourth-order valence-corrected chi connectivity index (χ4v) is 1.88.